The Bertz CT molecular complexity index is 336. The maximum Gasteiger partial charge on any atom is 1.00 e. The fraction of sp³-hybridized carbons (Fsp3) is 0.462. The van der Waals surface area contributed by atoms with Crippen molar-refractivity contribution in [3.8, 4) is 0 Å². The van der Waals surface area contributed by atoms with Crippen LogP contribution in [0.2, 0.25) is 0 Å². The molecule has 0 aromatic heterocycles. The summed E-state index contributed by atoms with van der Waals surface area (Å²) in [5.41, 5.74) is 2.06. The Hall–Kier alpha value is -0.831. The standard InChI is InChI=1S/C13H18O2.Cu.H3N/c1-9(2)8-11-4-6-12(7-5-11)10(3)13(14)15;;/h4-7,9-10H,8H2,1-3H3,(H,14,15);;1H3/q;+1;/p-1. The largest absolute Gasteiger partial charge is 1.00 e. The summed E-state index contributed by atoms with van der Waals surface area (Å²) in [5, 5.41) is 10.7. The SMILES string of the molecule is CC(C)Cc1ccc(C(C)C(=O)[O-])cc1.N.[Cu+]. The topological polar surface area (TPSA) is 75.1 Å². The number of carbonyl (C=O) groups is 1. The second-order valence-electron chi connectivity index (χ2n) is 4.38. The van der Waals surface area contributed by atoms with Gasteiger partial charge in [-0.3, -0.25) is 0 Å². The average molecular weight is 286 g/mol. The molecular weight excluding hydrogens is 266 g/mol. The van der Waals surface area contributed by atoms with Crippen LogP contribution in [0, 0.1) is 5.92 Å². The molecule has 0 heterocycles. The van der Waals surface area contributed by atoms with Gasteiger partial charge in [0, 0.05) is 11.9 Å². The summed E-state index contributed by atoms with van der Waals surface area (Å²) in [7, 11) is 0. The second-order valence-corrected chi connectivity index (χ2v) is 4.38. The Balaban J connectivity index is 0. The van der Waals surface area contributed by atoms with Crippen LogP contribution in [0.1, 0.15) is 37.8 Å². The summed E-state index contributed by atoms with van der Waals surface area (Å²) in [4.78, 5) is 10.7. The van der Waals surface area contributed by atoms with Crippen molar-refractivity contribution in [3.63, 3.8) is 0 Å². The number of carboxylic acids is 1. The van der Waals surface area contributed by atoms with Gasteiger partial charge in [0.05, 0.1) is 0 Å². The number of rotatable bonds is 4. The third-order valence-corrected chi connectivity index (χ3v) is 2.48. The molecule has 0 saturated heterocycles. The zero-order valence-electron chi connectivity index (χ0n) is 10.5. The van der Waals surface area contributed by atoms with Crippen molar-refractivity contribution in [3.05, 3.63) is 35.4 Å². The number of hydrogen-bond donors (Lipinski definition) is 1. The second kappa shape index (κ2) is 8.29. The van der Waals surface area contributed by atoms with E-state index >= 15 is 0 Å². The van der Waals surface area contributed by atoms with Gasteiger partial charge in [-0.2, -0.15) is 0 Å². The first-order valence-electron chi connectivity index (χ1n) is 5.30. The predicted molar refractivity (Wildman–Crippen MR) is 63.4 cm³/mol. The predicted octanol–water partition coefficient (Wildman–Crippen LogP) is 1.90. The van der Waals surface area contributed by atoms with Crippen LogP contribution in [0.5, 0.6) is 0 Å². The number of benzene rings is 1. The molecule has 0 aliphatic heterocycles. The molecule has 1 unspecified atom stereocenters. The molecule has 0 bridgehead atoms. The molecule has 0 amide bonds. The van der Waals surface area contributed by atoms with Gasteiger partial charge in [-0.05, 0) is 23.5 Å². The van der Waals surface area contributed by atoms with Gasteiger partial charge in [-0.15, -0.1) is 0 Å². The molecule has 1 aromatic rings. The average Bonchev–Trinajstić information content (AvgIpc) is 2.17. The Morgan fingerprint density at radius 3 is 2.00 bits per heavy atom. The summed E-state index contributed by atoms with van der Waals surface area (Å²) in [5.74, 6) is -0.931. The molecule has 3 nitrogen and oxygen atoms in total. The summed E-state index contributed by atoms with van der Waals surface area (Å²) in [6.45, 7) is 5.97. The fourth-order valence-electron chi connectivity index (χ4n) is 1.55. The van der Waals surface area contributed by atoms with Crippen molar-refractivity contribution in [2.24, 2.45) is 5.92 Å². The first-order chi connectivity index (χ1) is 7.00. The van der Waals surface area contributed by atoms with Gasteiger partial charge in [-0.1, -0.05) is 45.0 Å². The van der Waals surface area contributed by atoms with Crippen LogP contribution in [-0.4, -0.2) is 5.97 Å². The molecule has 0 aliphatic rings. The minimum absolute atomic E-state index is 0. The Kier molecular flexibility index (Phi) is 9.04. The van der Waals surface area contributed by atoms with E-state index in [4.69, 9.17) is 0 Å². The number of carboxylic acid groups (broad SMARTS) is 1. The van der Waals surface area contributed by atoms with Crippen LogP contribution >= 0.6 is 0 Å². The van der Waals surface area contributed by atoms with Gasteiger partial charge in [-0.25, -0.2) is 0 Å². The normalized spacial score (nSPS) is 11.3. The Morgan fingerprint density at radius 1 is 1.18 bits per heavy atom. The van der Waals surface area contributed by atoms with E-state index < -0.39 is 11.9 Å². The quantitative estimate of drug-likeness (QED) is 0.859. The molecule has 1 aromatic carbocycles. The van der Waals surface area contributed by atoms with E-state index in [0.29, 0.717) is 5.92 Å². The molecule has 0 spiro atoms. The third kappa shape index (κ3) is 5.87. The minimum Gasteiger partial charge on any atom is -0.550 e. The number of hydrogen-bond acceptors (Lipinski definition) is 3. The zero-order chi connectivity index (χ0) is 11.4. The fourth-order valence-corrected chi connectivity index (χ4v) is 1.55. The molecule has 0 radical (unpaired) electrons. The maximum absolute atomic E-state index is 10.7. The molecule has 3 N–H and O–H groups in total. The van der Waals surface area contributed by atoms with Crippen molar-refractivity contribution < 1.29 is 27.0 Å². The summed E-state index contributed by atoms with van der Waals surface area (Å²) < 4.78 is 0. The Labute approximate surface area is 114 Å². The summed E-state index contributed by atoms with van der Waals surface area (Å²) in [6.07, 6.45) is 1.03. The molecule has 0 aliphatic carbocycles. The molecule has 1 atom stereocenters. The minimum atomic E-state index is -1.02. The van der Waals surface area contributed by atoms with E-state index in [9.17, 15) is 9.90 Å². The summed E-state index contributed by atoms with van der Waals surface area (Å²) in [6, 6.07) is 7.74. The number of carbonyl (C=O) groups excluding carboxylic acids is 1. The van der Waals surface area contributed by atoms with Crippen molar-refractivity contribution in [2.45, 2.75) is 33.1 Å². The van der Waals surface area contributed by atoms with Crippen LogP contribution in [0.3, 0.4) is 0 Å². The van der Waals surface area contributed by atoms with Gasteiger partial charge in [0.15, 0.2) is 0 Å². The molecule has 17 heavy (non-hydrogen) atoms. The van der Waals surface area contributed by atoms with Crippen molar-refractivity contribution >= 4 is 5.97 Å². The van der Waals surface area contributed by atoms with Gasteiger partial charge in [0.25, 0.3) is 0 Å². The van der Waals surface area contributed by atoms with Crippen LogP contribution in [-0.2, 0) is 28.3 Å². The first kappa shape index (κ1) is 18.5. The zero-order valence-corrected chi connectivity index (χ0v) is 11.4. The molecule has 0 fully saturated rings. The Morgan fingerprint density at radius 2 is 1.65 bits per heavy atom. The van der Waals surface area contributed by atoms with Crippen molar-refractivity contribution in [1.29, 1.82) is 0 Å². The van der Waals surface area contributed by atoms with Crippen molar-refractivity contribution in [2.75, 3.05) is 0 Å². The molecular formula is C13H20CuNO2. The van der Waals surface area contributed by atoms with E-state index in [1.807, 2.05) is 24.3 Å². The molecule has 0 saturated carbocycles. The van der Waals surface area contributed by atoms with Crippen molar-refractivity contribution in [1.82, 2.24) is 6.15 Å². The van der Waals surface area contributed by atoms with Gasteiger partial charge < -0.3 is 16.1 Å². The van der Waals surface area contributed by atoms with Gasteiger partial charge >= 0.3 is 17.1 Å². The third-order valence-electron chi connectivity index (χ3n) is 2.48. The van der Waals surface area contributed by atoms with Crippen LogP contribution < -0.4 is 11.3 Å². The van der Waals surface area contributed by atoms with Gasteiger partial charge in [0.1, 0.15) is 0 Å². The van der Waals surface area contributed by atoms with Gasteiger partial charge in [0.2, 0.25) is 0 Å². The van der Waals surface area contributed by atoms with E-state index in [1.54, 1.807) is 6.92 Å². The van der Waals surface area contributed by atoms with Crippen LogP contribution in [0.4, 0.5) is 0 Å². The van der Waals surface area contributed by atoms with E-state index in [-0.39, 0.29) is 23.2 Å². The van der Waals surface area contributed by atoms with E-state index in [1.165, 1.54) is 5.56 Å². The smallest absolute Gasteiger partial charge is 0.550 e. The maximum atomic E-state index is 10.7. The summed E-state index contributed by atoms with van der Waals surface area (Å²) >= 11 is 0. The molecule has 100 valence electrons. The van der Waals surface area contributed by atoms with Crippen LogP contribution in [0.25, 0.3) is 0 Å². The van der Waals surface area contributed by atoms with Crippen LogP contribution in [0.15, 0.2) is 24.3 Å². The molecule has 4 heteroatoms. The first-order valence-corrected chi connectivity index (χ1v) is 5.30. The number of aliphatic carboxylic acids is 1. The van der Waals surface area contributed by atoms with E-state index in [2.05, 4.69) is 13.8 Å². The monoisotopic (exact) mass is 285 g/mol. The van der Waals surface area contributed by atoms with E-state index in [0.717, 1.165) is 12.0 Å². The molecule has 1 rings (SSSR count).